The average Bonchev–Trinajstić information content (AvgIpc) is 0.918. The summed E-state index contributed by atoms with van der Waals surface area (Å²) in [6.07, 6.45) is 0. The summed E-state index contributed by atoms with van der Waals surface area (Å²) < 4.78 is 0. The Morgan fingerprint density at radius 3 is 1.40 bits per heavy atom. The molecule has 0 fully saturated rings. The molecule has 1 N–H and O–H groups in total. The molecule has 0 bridgehead atoms. The first-order valence-corrected chi connectivity index (χ1v) is 1.02. The van der Waals surface area contributed by atoms with Gasteiger partial charge in [0.25, 0.3) is 0 Å². The zero-order chi connectivity index (χ0) is 2.71. The van der Waals surface area contributed by atoms with Gasteiger partial charge in [-0.3, -0.25) is 9.41 Å². The Kier molecular flexibility index (Phi) is 192. The number of rotatable bonds is 0. The number of aliphatic hydroxyl groups is 1. The van der Waals surface area contributed by atoms with Gasteiger partial charge in [-0.05, 0) is 6.92 Å². The van der Waals surface area contributed by atoms with Gasteiger partial charge in [-0.25, -0.2) is 0 Å². The SMILES string of the molecule is CCO.F.F. The van der Waals surface area contributed by atoms with Crippen molar-refractivity contribution in [3.63, 3.8) is 0 Å². The summed E-state index contributed by atoms with van der Waals surface area (Å²) in [4.78, 5) is 0. The molecular formula is C2H8F2O. The summed E-state index contributed by atoms with van der Waals surface area (Å²) in [6.45, 7) is 1.93. The molecule has 0 spiro atoms. The van der Waals surface area contributed by atoms with Gasteiger partial charge in [0.05, 0.1) is 0 Å². The minimum Gasteiger partial charge on any atom is -0.397 e. The summed E-state index contributed by atoms with van der Waals surface area (Å²) >= 11 is 0. The lowest BCUT2D eigenvalue weighted by atomic mass is 10.9. The lowest BCUT2D eigenvalue weighted by molar-refractivity contribution is 0.318. The molecule has 0 atom stereocenters. The van der Waals surface area contributed by atoms with E-state index in [9.17, 15) is 0 Å². The number of hydrogen-bond acceptors (Lipinski definition) is 1. The fourth-order valence-corrected chi connectivity index (χ4v) is 0. The van der Waals surface area contributed by atoms with Crippen LogP contribution in [0.25, 0.3) is 0 Å². The molecule has 0 rings (SSSR count). The van der Waals surface area contributed by atoms with Crippen molar-refractivity contribution in [2.45, 2.75) is 6.92 Å². The Morgan fingerprint density at radius 2 is 1.40 bits per heavy atom. The van der Waals surface area contributed by atoms with Gasteiger partial charge >= 0.3 is 0 Å². The van der Waals surface area contributed by atoms with Crippen molar-refractivity contribution in [2.75, 3.05) is 6.61 Å². The topological polar surface area (TPSA) is 20.2 Å². The molecule has 0 heterocycles. The van der Waals surface area contributed by atoms with E-state index < -0.39 is 0 Å². The van der Waals surface area contributed by atoms with Crippen LogP contribution in [0, 0.1) is 0 Å². The van der Waals surface area contributed by atoms with Gasteiger partial charge in [-0.2, -0.15) is 0 Å². The normalized spacial score (nSPS) is 3.60. The van der Waals surface area contributed by atoms with Gasteiger partial charge in [-0.15, -0.1) is 0 Å². The van der Waals surface area contributed by atoms with E-state index in [0.717, 1.165) is 0 Å². The summed E-state index contributed by atoms with van der Waals surface area (Å²) in [7, 11) is 0. The second kappa shape index (κ2) is 45.2. The van der Waals surface area contributed by atoms with Crippen LogP contribution in [-0.2, 0) is 0 Å². The fraction of sp³-hybridized carbons (Fsp3) is 1.00. The van der Waals surface area contributed by atoms with Gasteiger partial charge in [0, 0.05) is 6.61 Å². The second-order valence-corrected chi connectivity index (χ2v) is 0.316. The van der Waals surface area contributed by atoms with E-state index in [-0.39, 0.29) is 16.0 Å². The minimum atomic E-state index is 0. The molecule has 0 radical (unpaired) electrons. The first-order valence-electron chi connectivity index (χ1n) is 1.02. The molecule has 0 saturated carbocycles. The van der Waals surface area contributed by atoms with Crippen LogP contribution in [0.1, 0.15) is 6.92 Å². The van der Waals surface area contributed by atoms with Crippen molar-refractivity contribution in [2.24, 2.45) is 0 Å². The molecule has 0 saturated heterocycles. The lowest BCUT2D eigenvalue weighted by Crippen LogP contribution is -1.57. The molecule has 0 aliphatic heterocycles. The Morgan fingerprint density at radius 1 is 1.40 bits per heavy atom. The van der Waals surface area contributed by atoms with Gasteiger partial charge in [0.1, 0.15) is 0 Å². The highest BCUT2D eigenvalue weighted by Crippen LogP contribution is 1.30. The molecule has 0 aromatic rings. The maximum Gasteiger partial charge on any atom is 0.0402 e. The summed E-state index contributed by atoms with van der Waals surface area (Å²) in [5.74, 6) is 0. The van der Waals surface area contributed by atoms with Gasteiger partial charge in [0.2, 0.25) is 0 Å². The molecular weight excluding hydrogens is 78.0 g/mol. The van der Waals surface area contributed by atoms with Crippen molar-refractivity contribution < 1.29 is 14.5 Å². The first-order chi connectivity index (χ1) is 1.41. The quantitative estimate of drug-likeness (QED) is 0.449. The molecule has 36 valence electrons. The predicted molar refractivity (Wildman–Crippen MR) is 17.8 cm³/mol. The minimum absolute atomic E-state index is 0. The van der Waals surface area contributed by atoms with Crippen LogP contribution in [0.5, 0.6) is 0 Å². The molecule has 0 aliphatic rings. The van der Waals surface area contributed by atoms with E-state index in [1.54, 1.807) is 6.92 Å². The van der Waals surface area contributed by atoms with Crippen LogP contribution in [0.15, 0.2) is 0 Å². The third-order valence-corrected chi connectivity index (χ3v) is 0. The van der Waals surface area contributed by atoms with E-state index in [0.29, 0.717) is 0 Å². The molecule has 0 aliphatic carbocycles. The molecule has 0 amide bonds. The molecule has 0 aromatic heterocycles. The third-order valence-electron chi connectivity index (χ3n) is 0. The molecule has 5 heavy (non-hydrogen) atoms. The van der Waals surface area contributed by atoms with Crippen molar-refractivity contribution in [1.29, 1.82) is 0 Å². The van der Waals surface area contributed by atoms with Crippen LogP contribution in [0.3, 0.4) is 0 Å². The fourth-order valence-electron chi connectivity index (χ4n) is 0. The van der Waals surface area contributed by atoms with Crippen molar-refractivity contribution in [3.8, 4) is 0 Å². The number of hydrogen-bond donors (Lipinski definition) is 1. The summed E-state index contributed by atoms with van der Waals surface area (Å²) in [5, 5.41) is 7.57. The zero-order valence-electron chi connectivity index (χ0n) is 2.97. The van der Waals surface area contributed by atoms with Crippen LogP contribution >= 0.6 is 0 Å². The largest absolute Gasteiger partial charge is 0.397 e. The standard InChI is InChI=1S/C2H6O.2FH/c1-2-3;;/h3H,2H2,1H3;2*1H. The van der Waals surface area contributed by atoms with Crippen molar-refractivity contribution >= 4 is 0 Å². The highest BCUT2D eigenvalue weighted by molar-refractivity contribution is 3.84. The van der Waals surface area contributed by atoms with Gasteiger partial charge in [-0.1, -0.05) is 0 Å². The van der Waals surface area contributed by atoms with Crippen molar-refractivity contribution in [3.05, 3.63) is 0 Å². The van der Waals surface area contributed by atoms with Crippen LogP contribution in [0.4, 0.5) is 9.41 Å². The number of aliphatic hydroxyl groups excluding tert-OH is 1. The second-order valence-electron chi connectivity index (χ2n) is 0.316. The maximum atomic E-state index is 7.57. The van der Waals surface area contributed by atoms with Crippen LogP contribution in [-0.4, -0.2) is 11.7 Å². The van der Waals surface area contributed by atoms with E-state index in [4.69, 9.17) is 5.11 Å². The Hall–Kier alpha value is -0.180. The summed E-state index contributed by atoms with van der Waals surface area (Å²) in [6, 6.07) is 0. The van der Waals surface area contributed by atoms with Crippen molar-refractivity contribution in [1.82, 2.24) is 0 Å². The number of halogens is 2. The van der Waals surface area contributed by atoms with Crippen LogP contribution in [0.2, 0.25) is 0 Å². The Labute approximate surface area is 29.4 Å². The van der Waals surface area contributed by atoms with Gasteiger partial charge in [0.15, 0.2) is 0 Å². The van der Waals surface area contributed by atoms with E-state index in [2.05, 4.69) is 0 Å². The molecule has 0 aromatic carbocycles. The van der Waals surface area contributed by atoms with Crippen LogP contribution < -0.4 is 0 Å². The maximum absolute atomic E-state index is 7.57. The molecule has 0 unspecified atom stereocenters. The van der Waals surface area contributed by atoms with Gasteiger partial charge < -0.3 is 5.11 Å². The Balaban J connectivity index is -0.0000000200. The van der Waals surface area contributed by atoms with E-state index >= 15 is 0 Å². The molecule has 3 heteroatoms. The lowest BCUT2D eigenvalue weighted by Gasteiger charge is -1.52. The molecule has 1 nitrogen and oxygen atoms in total. The smallest absolute Gasteiger partial charge is 0.0402 e. The first kappa shape index (κ1) is 21.2. The van der Waals surface area contributed by atoms with E-state index in [1.807, 2.05) is 0 Å². The monoisotopic (exact) mass is 86.1 g/mol. The summed E-state index contributed by atoms with van der Waals surface area (Å²) in [5.41, 5.74) is 0. The Bertz CT molecular complexity index is 7.61. The predicted octanol–water partition coefficient (Wildman–Crippen LogP) is 0.304. The zero-order valence-corrected chi connectivity index (χ0v) is 2.97. The average molecular weight is 86.1 g/mol. The highest BCUT2D eigenvalue weighted by Gasteiger charge is 1.34. The van der Waals surface area contributed by atoms with E-state index in [1.165, 1.54) is 0 Å². The third kappa shape index (κ3) is 391. The highest BCUT2D eigenvalue weighted by atomic mass is 19.0.